The summed E-state index contributed by atoms with van der Waals surface area (Å²) in [6.07, 6.45) is -0.344. The van der Waals surface area contributed by atoms with E-state index in [-0.39, 0.29) is 11.4 Å². The van der Waals surface area contributed by atoms with E-state index in [2.05, 4.69) is 11.4 Å². The van der Waals surface area contributed by atoms with Crippen LogP contribution in [0, 0.1) is 0 Å². The largest absolute Gasteiger partial charge is 0.392 e. The van der Waals surface area contributed by atoms with E-state index in [4.69, 9.17) is 11.6 Å². The first kappa shape index (κ1) is 13.8. The Bertz CT molecular complexity index is 344. The van der Waals surface area contributed by atoms with Crippen molar-refractivity contribution >= 4 is 23.4 Å². The monoisotopic (exact) mass is 259 g/mol. The number of aliphatic hydroxyl groups excluding tert-OH is 1. The van der Waals surface area contributed by atoms with Crippen LogP contribution in [0.25, 0.3) is 0 Å². The summed E-state index contributed by atoms with van der Waals surface area (Å²) < 4.78 is 0. The van der Waals surface area contributed by atoms with Gasteiger partial charge in [-0.3, -0.25) is 0 Å². The van der Waals surface area contributed by atoms with Crippen LogP contribution in [0.5, 0.6) is 0 Å². The third-order valence-electron chi connectivity index (χ3n) is 2.40. The molecule has 1 aromatic carbocycles. The molecule has 1 aromatic rings. The molecule has 0 radical (unpaired) electrons. The van der Waals surface area contributed by atoms with Crippen molar-refractivity contribution in [2.24, 2.45) is 0 Å². The van der Waals surface area contributed by atoms with Gasteiger partial charge in [-0.2, -0.15) is 0 Å². The highest BCUT2D eigenvalue weighted by atomic mass is 35.5. The highest BCUT2D eigenvalue weighted by Gasteiger charge is 2.15. The van der Waals surface area contributed by atoms with Crippen LogP contribution >= 0.6 is 23.4 Å². The molecule has 2 atom stereocenters. The van der Waals surface area contributed by atoms with E-state index < -0.39 is 0 Å². The molecule has 2 N–H and O–H groups in total. The lowest BCUT2D eigenvalue weighted by Crippen LogP contribution is -2.16. The minimum Gasteiger partial charge on any atom is -0.392 e. The first-order valence-corrected chi connectivity index (χ1v) is 6.58. The fourth-order valence-corrected chi connectivity index (χ4v) is 2.67. The van der Waals surface area contributed by atoms with E-state index >= 15 is 0 Å². The third-order valence-corrected chi connectivity index (χ3v) is 4.31. The SMILES string of the molecule is CNCc1cccc(Cl)c1SC(C)C(C)O. The Morgan fingerprint density at radius 3 is 2.69 bits per heavy atom. The average molecular weight is 260 g/mol. The molecule has 4 heteroatoms. The number of aliphatic hydroxyl groups is 1. The van der Waals surface area contributed by atoms with Gasteiger partial charge in [-0.15, -0.1) is 11.8 Å². The van der Waals surface area contributed by atoms with Crippen LogP contribution in [0.2, 0.25) is 5.02 Å². The van der Waals surface area contributed by atoms with E-state index in [0.717, 1.165) is 16.5 Å². The average Bonchev–Trinajstić information content (AvgIpc) is 2.23. The number of benzene rings is 1. The number of rotatable bonds is 5. The molecule has 0 saturated heterocycles. The molecule has 0 saturated carbocycles. The van der Waals surface area contributed by atoms with E-state index in [1.807, 2.05) is 26.1 Å². The van der Waals surface area contributed by atoms with E-state index in [0.29, 0.717) is 0 Å². The lowest BCUT2D eigenvalue weighted by Gasteiger charge is -2.17. The van der Waals surface area contributed by atoms with Gasteiger partial charge in [0.05, 0.1) is 11.1 Å². The first-order chi connectivity index (χ1) is 7.56. The summed E-state index contributed by atoms with van der Waals surface area (Å²) in [5.41, 5.74) is 1.17. The van der Waals surface area contributed by atoms with Crippen molar-refractivity contribution in [2.75, 3.05) is 7.05 Å². The maximum absolute atomic E-state index is 9.51. The quantitative estimate of drug-likeness (QED) is 0.798. The number of nitrogens with one attached hydrogen (secondary N) is 1. The Hall–Kier alpha value is -0.220. The molecule has 0 aliphatic carbocycles. The van der Waals surface area contributed by atoms with Crippen LogP contribution in [-0.4, -0.2) is 23.5 Å². The Morgan fingerprint density at radius 1 is 1.44 bits per heavy atom. The molecular formula is C12H18ClNOS. The topological polar surface area (TPSA) is 32.3 Å². The van der Waals surface area contributed by atoms with Gasteiger partial charge in [-0.25, -0.2) is 0 Å². The van der Waals surface area contributed by atoms with Crippen LogP contribution in [0.1, 0.15) is 19.4 Å². The maximum atomic E-state index is 9.51. The van der Waals surface area contributed by atoms with Gasteiger partial charge in [0.1, 0.15) is 0 Å². The van der Waals surface area contributed by atoms with Gasteiger partial charge in [0.15, 0.2) is 0 Å². The Morgan fingerprint density at radius 2 is 2.12 bits per heavy atom. The molecule has 0 aromatic heterocycles. The number of halogens is 1. The molecule has 16 heavy (non-hydrogen) atoms. The van der Waals surface area contributed by atoms with Gasteiger partial charge in [0.2, 0.25) is 0 Å². The summed E-state index contributed by atoms with van der Waals surface area (Å²) in [6, 6.07) is 5.89. The molecule has 0 heterocycles. The molecule has 0 amide bonds. The second-order valence-electron chi connectivity index (χ2n) is 3.82. The van der Waals surface area contributed by atoms with Crippen molar-refractivity contribution < 1.29 is 5.11 Å². The van der Waals surface area contributed by atoms with Crippen LogP contribution in [0.15, 0.2) is 23.1 Å². The minimum absolute atomic E-state index is 0.135. The van der Waals surface area contributed by atoms with Crippen LogP contribution in [0.4, 0.5) is 0 Å². The van der Waals surface area contributed by atoms with Crippen molar-refractivity contribution in [1.29, 1.82) is 0 Å². The van der Waals surface area contributed by atoms with Crippen molar-refractivity contribution in [1.82, 2.24) is 5.32 Å². The number of hydrogen-bond donors (Lipinski definition) is 2. The Balaban J connectivity index is 2.91. The summed E-state index contributed by atoms with van der Waals surface area (Å²) in [5.74, 6) is 0. The minimum atomic E-state index is -0.344. The van der Waals surface area contributed by atoms with Gasteiger partial charge < -0.3 is 10.4 Å². The smallest absolute Gasteiger partial charge is 0.0631 e. The van der Waals surface area contributed by atoms with Gasteiger partial charge in [0.25, 0.3) is 0 Å². The predicted molar refractivity (Wildman–Crippen MR) is 71.2 cm³/mol. The zero-order valence-electron chi connectivity index (χ0n) is 9.83. The summed E-state index contributed by atoms with van der Waals surface area (Å²) in [5, 5.41) is 13.5. The van der Waals surface area contributed by atoms with Gasteiger partial charge in [-0.1, -0.05) is 30.7 Å². The highest BCUT2D eigenvalue weighted by Crippen LogP contribution is 2.34. The molecule has 2 nitrogen and oxygen atoms in total. The van der Waals surface area contributed by atoms with Crippen LogP contribution < -0.4 is 5.32 Å². The van der Waals surface area contributed by atoms with E-state index in [1.165, 1.54) is 5.56 Å². The summed E-state index contributed by atoms with van der Waals surface area (Å²) in [4.78, 5) is 1.06. The standard InChI is InChI=1S/C12H18ClNOS/c1-8(15)9(2)16-12-10(7-14-3)5-4-6-11(12)13/h4-6,8-9,14-15H,7H2,1-3H3. The molecule has 0 bridgehead atoms. The predicted octanol–water partition coefficient (Wildman–Crippen LogP) is 2.92. The van der Waals surface area contributed by atoms with Crippen molar-refractivity contribution in [3.63, 3.8) is 0 Å². The lowest BCUT2D eigenvalue weighted by atomic mass is 10.2. The number of hydrogen-bond acceptors (Lipinski definition) is 3. The Kier molecular flexibility index (Phi) is 5.62. The van der Waals surface area contributed by atoms with E-state index in [9.17, 15) is 5.11 Å². The second kappa shape index (κ2) is 6.50. The molecule has 0 fully saturated rings. The van der Waals surface area contributed by atoms with Gasteiger partial charge in [-0.05, 0) is 25.6 Å². The number of thioether (sulfide) groups is 1. The maximum Gasteiger partial charge on any atom is 0.0631 e. The fraction of sp³-hybridized carbons (Fsp3) is 0.500. The van der Waals surface area contributed by atoms with Crippen molar-refractivity contribution in [2.45, 2.75) is 36.6 Å². The fourth-order valence-electron chi connectivity index (χ4n) is 1.30. The molecule has 1 rings (SSSR count). The van der Waals surface area contributed by atoms with Crippen molar-refractivity contribution in [3.05, 3.63) is 28.8 Å². The lowest BCUT2D eigenvalue weighted by molar-refractivity contribution is 0.196. The zero-order valence-corrected chi connectivity index (χ0v) is 11.4. The molecule has 0 spiro atoms. The molecule has 90 valence electrons. The summed E-state index contributed by atoms with van der Waals surface area (Å²) >= 11 is 7.81. The van der Waals surface area contributed by atoms with Crippen LogP contribution in [-0.2, 0) is 6.54 Å². The second-order valence-corrected chi connectivity index (χ2v) is 5.62. The summed E-state index contributed by atoms with van der Waals surface area (Å²) in [7, 11) is 1.91. The zero-order chi connectivity index (χ0) is 12.1. The van der Waals surface area contributed by atoms with E-state index in [1.54, 1.807) is 18.7 Å². The van der Waals surface area contributed by atoms with Crippen molar-refractivity contribution in [3.8, 4) is 0 Å². The van der Waals surface area contributed by atoms with Gasteiger partial charge in [0, 0.05) is 16.7 Å². The first-order valence-electron chi connectivity index (χ1n) is 5.33. The molecule has 2 unspecified atom stereocenters. The van der Waals surface area contributed by atoms with Crippen LogP contribution in [0.3, 0.4) is 0 Å². The van der Waals surface area contributed by atoms with Gasteiger partial charge >= 0.3 is 0 Å². The molecule has 0 aliphatic heterocycles. The summed E-state index contributed by atoms with van der Waals surface area (Å²) in [6.45, 7) is 4.59. The molecular weight excluding hydrogens is 242 g/mol. The molecule has 0 aliphatic rings. The Labute approximate surface area is 106 Å². The highest BCUT2D eigenvalue weighted by molar-refractivity contribution is 8.00. The third kappa shape index (κ3) is 3.67. The normalized spacial score (nSPS) is 14.8.